The van der Waals surface area contributed by atoms with Crippen LogP contribution in [-0.2, 0) is 0 Å². The van der Waals surface area contributed by atoms with Crippen LogP contribution in [0.3, 0.4) is 0 Å². The molecule has 6 nitrogen and oxygen atoms in total. The van der Waals surface area contributed by atoms with Crippen molar-refractivity contribution in [1.82, 2.24) is 15.1 Å². The van der Waals surface area contributed by atoms with Crippen molar-refractivity contribution >= 4 is 34.9 Å². The van der Waals surface area contributed by atoms with Crippen LogP contribution in [0.5, 0.6) is 5.75 Å². The van der Waals surface area contributed by atoms with Gasteiger partial charge in [0.25, 0.3) is 5.91 Å². The number of rotatable bonds is 4. The highest BCUT2D eigenvalue weighted by Gasteiger charge is 2.25. The number of benzene rings is 2. The Balaban J connectivity index is 1.40. The topological polar surface area (TPSA) is 61.5 Å². The van der Waals surface area contributed by atoms with Crippen LogP contribution in [0.4, 0.5) is 5.82 Å². The second-order valence-electron chi connectivity index (χ2n) is 6.77. The number of hydrogen-bond donors (Lipinski definition) is 1. The molecule has 0 radical (unpaired) electrons. The zero-order valence-electron chi connectivity index (χ0n) is 15.9. The number of ether oxygens (including phenoxy) is 1. The van der Waals surface area contributed by atoms with Crippen molar-refractivity contribution in [3.63, 3.8) is 0 Å². The Morgan fingerprint density at radius 1 is 1.03 bits per heavy atom. The number of carbonyl (C=O) groups is 1. The van der Waals surface area contributed by atoms with E-state index >= 15 is 0 Å². The summed E-state index contributed by atoms with van der Waals surface area (Å²) >= 11 is 12.1. The molecule has 1 N–H and O–H groups in total. The Morgan fingerprint density at radius 3 is 2.41 bits per heavy atom. The van der Waals surface area contributed by atoms with Crippen molar-refractivity contribution in [3.8, 4) is 17.0 Å². The lowest BCUT2D eigenvalue weighted by Crippen LogP contribution is -2.49. The molecule has 0 bridgehead atoms. The van der Waals surface area contributed by atoms with Crippen molar-refractivity contribution < 1.29 is 9.53 Å². The summed E-state index contributed by atoms with van der Waals surface area (Å²) in [4.78, 5) is 16.7. The van der Waals surface area contributed by atoms with E-state index in [1.807, 2.05) is 35.2 Å². The number of anilines is 1. The SMILES string of the molecule is COc1ccc(-c2cc(N3CCN(C(=O)c4ccc(Cl)cc4Cl)CC3)n[nH]2)cc1. The van der Waals surface area contributed by atoms with Gasteiger partial charge in [0, 0.05) is 37.3 Å². The summed E-state index contributed by atoms with van der Waals surface area (Å²) in [6, 6.07) is 14.8. The highest BCUT2D eigenvalue weighted by Crippen LogP contribution is 2.26. The van der Waals surface area contributed by atoms with E-state index in [1.165, 1.54) is 0 Å². The number of carbonyl (C=O) groups excluding carboxylic acids is 1. The van der Waals surface area contributed by atoms with Crippen molar-refractivity contribution in [2.45, 2.75) is 0 Å². The zero-order chi connectivity index (χ0) is 20.4. The lowest BCUT2D eigenvalue weighted by Gasteiger charge is -2.35. The van der Waals surface area contributed by atoms with Gasteiger partial charge in [-0.3, -0.25) is 9.89 Å². The van der Waals surface area contributed by atoms with Gasteiger partial charge in [-0.25, -0.2) is 0 Å². The zero-order valence-corrected chi connectivity index (χ0v) is 17.4. The normalized spacial score (nSPS) is 14.2. The van der Waals surface area contributed by atoms with Crippen molar-refractivity contribution in [2.75, 3.05) is 38.2 Å². The maximum atomic E-state index is 12.8. The van der Waals surface area contributed by atoms with Crippen LogP contribution in [0.2, 0.25) is 10.0 Å². The molecule has 4 rings (SSSR count). The Hall–Kier alpha value is -2.70. The molecule has 1 amide bonds. The molecule has 1 aliphatic rings. The molecular formula is C21H20Cl2N4O2. The number of H-pyrrole nitrogens is 1. The number of aromatic amines is 1. The van der Waals surface area contributed by atoms with E-state index in [9.17, 15) is 4.79 Å². The molecule has 1 aromatic heterocycles. The van der Waals surface area contributed by atoms with E-state index in [4.69, 9.17) is 27.9 Å². The van der Waals surface area contributed by atoms with Crippen LogP contribution < -0.4 is 9.64 Å². The largest absolute Gasteiger partial charge is 0.497 e. The van der Waals surface area contributed by atoms with E-state index in [-0.39, 0.29) is 5.91 Å². The number of halogens is 2. The molecule has 0 aliphatic carbocycles. The fraction of sp³-hybridized carbons (Fsp3) is 0.238. The molecule has 1 aliphatic heterocycles. The number of nitrogens with one attached hydrogen (secondary N) is 1. The summed E-state index contributed by atoms with van der Waals surface area (Å²) in [5.41, 5.74) is 2.45. The first-order valence-electron chi connectivity index (χ1n) is 9.24. The summed E-state index contributed by atoms with van der Waals surface area (Å²) in [7, 11) is 1.65. The molecule has 8 heteroatoms. The molecule has 29 heavy (non-hydrogen) atoms. The van der Waals surface area contributed by atoms with E-state index < -0.39 is 0 Å². The fourth-order valence-electron chi connectivity index (χ4n) is 3.36. The third kappa shape index (κ3) is 4.18. The molecule has 0 atom stereocenters. The number of amides is 1. The van der Waals surface area contributed by atoms with Gasteiger partial charge in [-0.15, -0.1) is 0 Å². The van der Waals surface area contributed by atoms with Crippen LogP contribution in [0.15, 0.2) is 48.5 Å². The minimum Gasteiger partial charge on any atom is -0.497 e. The minimum absolute atomic E-state index is 0.0766. The predicted molar refractivity (Wildman–Crippen MR) is 115 cm³/mol. The molecule has 0 saturated carbocycles. The molecule has 2 aromatic carbocycles. The number of aromatic nitrogens is 2. The maximum absolute atomic E-state index is 12.8. The lowest BCUT2D eigenvalue weighted by molar-refractivity contribution is 0.0746. The predicted octanol–water partition coefficient (Wildman–Crippen LogP) is 4.35. The second kappa shape index (κ2) is 8.35. The average Bonchev–Trinajstić information content (AvgIpc) is 3.24. The van der Waals surface area contributed by atoms with Crippen LogP contribution in [-0.4, -0.2) is 54.3 Å². The first kappa shape index (κ1) is 19.6. The van der Waals surface area contributed by atoms with Crippen LogP contribution >= 0.6 is 23.2 Å². The van der Waals surface area contributed by atoms with E-state index in [0.29, 0.717) is 41.8 Å². The second-order valence-corrected chi connectivity index (χ2v) is 7.62. The smallest absolute Gasteiger partial charge is 0.255 e. The number of hydrogen-bond acceptors (Lipinski definition) is 4. The summed E-state index contributed by atoms with van der Waals surface area (Å²) in [6.07, 6.45) is 0. The average molecular weight is 431 g/mol. The first-order valence-corrected chi connectivity index (χ1v) is 10.00. The monoisotopic (exact) mass is 430 g/mol. The Labute approximate surface area is 179 Å². The van der Waals surface area contributed by atoms with Gasteiger partial charge in [-0.1, -0.05) is 23.2 Å². The van der Waals surface area contributed by atoms with Gasteiger partial charge in [0.1, 0.15) is 5.75 Å². The molecule has 0 spiro atoms. The summed E-state index contributed by atoms with van der Waals surface area (Å²) in [5, 5.41) is 8.42. The van der Waals surface area contributed by atoms with Gasteiger partial charge < -0.3 is 14.5 Å². The number of nitrogens with zero attached hydrogens (tertiary/aromatic N) is 3. The number of piperazine rings is 1. The molecule has 3 aromatic rings. The third-order valence-corrected chi connectivity index (χ3v) is 5.57. The van der Waals surface area contributed by atoms with Crippen molar-refractivity contribution in [3.05, 3.63) is 64.1 Å². The van der Waals surface area contributed by atoms with Crippen LogP contribution in [0.1, 0.15) is 10.4 Å². The quantitative estimate of drug-likeness (QED) is 0.667. The van der Waals surface area contributed by atoms with Gasteiger partial charge >= 0.3 is 0 Å². The van der Waals surface area contributed by atoms with E-state index in [2.05, 4.69) is 15.1 Å². The van der Waals surface area contributed by atoms with Crippen molar-refractivity contribution in [1.29, 1.82) is 0 Å². The Kier molecular flexibility index (Phi) is 5.65. The molecule has 2 heterocycles. The molecule has 150 valence electrons. The molecule has 0 unspecified atom stereocenters. The van der Waals surface area contributed by atoms with Gasteiger partial charge in [0.05, 0.1) is 23.4 Å². The summed E-state index contributed by atoms with van der Waals surface area (Å²) in [6.45, 7) is 2.60. The number of methoxy groups -OCH3 is 1. The highest BCUT2D eigenvalue weighted by molar-refractivity contribution is 6.36. The summed E-state index contributed by atoms with van der Waals surface area (Å²) < 4.78 is 5.20. The van der Waals surface area contributed by atoms with Gasteiger partial charge in [0.2, 0.25) is 0 Å². The van der Waals surface area contributed by atoms with Gasteiger partial charge in [0.15, 0.2) is 5.82 Å². The van der Waals surface area contributed by atoms with Crippen molar-refractivity contribution in [2.24, 2.45) is 0 Å². The maximum Gasteiger partial charge on any atom is 0.255 e. The first-order chi connectivity index (χ1) is 14.0. The Morgan fingerprint density at radius 2 is 1.76 bits per heavy atom. The standard InChI is InChI=1S/C21H20Cl2N4O2/c1-29-16-5-2-14(3-6-16)19-13-20(25-24-19)26-8-10-27(11-9-26)21(28)17-7-4-15(22)12-18(17)23/h2-7,12-13H,8-11H2,1H3,(H,24,25). The molecular weight excluding hydrogens is 411 g/mol. The van der Waals surface area contributed by atoms with Gasteiger partial charge in [-0.05, 0) is 48.0 Å². The van der Waals surface area contributed by atoms with Crippen LogP contribution in [0.25, 0.3) is 11.3 Å². The Bertz CT molecular complexity index is 1010. The van der Waals surface area contributed by atoms with Crippen LogP contribution in [0, 0.1) is 0 Å². The summed E-state index contributed by atoms with van der Waals surface area (Å²) in [5.74, 6) is 1.61. The molecule has 1 fully saturated rings. The molecule has 1 saturated heterocycles. The highest BCUT2D eigenvalue weighted by atomic mass is 35.5. The van der Waals surface area contributed by atoms with E-state index in [1.54, 1.807) is 25.3 Å². The van der Waals surface area contributed by atoms with Gasteiger partial charge in [-0.2, -0.15) is 5.10 Å². The fourth-order valence-corrected chi connectivity index (χ4v) is 3.85. The minimum atomic E-state index is -0.0766. The third-order valence-electron chi connectivity index (χ3n) is 5.02. The lowest BCUT2D eigenvalue weighted by atomic mass is 10.1. The van der Waals surface area contributed by atoms with E-state index in [0.717, 1.165) is 22.8 Å².